The van der Waals surface area contributed by atoms with Gasteiger partial charge in [-0.3, -0.25) is 9.59 Å². The van der Waals surface area contributed by atoms with Gasteiger partial charge in [0.2, 0.25) is 0 Å². The maximum absolute atomic E-state index is 11.2. The van der Waals surface area contributed by atoms with Crippen molar-refractivity contribution in [1.82, 2.24) is 9.55 Å². The molecular formula is C12H18N2O3S. The van der Waals surface area contributed by atoms with E-state index in [1.54, 1.807) is 6.20 Å². The minimum Gasteiger partial charge on any atom is -0.481 e. The summed E-state index contributed by atoms with van der Waals surface area (Å²) < 4.78 is 1.85. The van der Waals surface area contributed by atoms with Gasteiger partial charge in [0.25, 0.3) is 5.56 Å². The topological polar surface area (TPSA) is 72.2 Å². The molecule has 1 N–H and O–H groups in total. The molecule has 1 aromatic rings. The lowest BCUT2D eigenvalue weighted by Gasteiger charge is -2.25. The average molecular weight is 270 g/mol. The normalized spacial score (nSPS) is 11.5. The standard InChI is InChI=1S/C12H18N2O3S/c1-4-12(2,3)8-14-6-5-9(15)13-11(14)18-7-10(16)17/h5-6H,4,7-8H2,1-3H3,(H,16,17). The van der Waals surface area contributed by atoms with Crippen molar-refractivity contribution in [3.63, 3.8) is 0 Å². The highest BCUT2D eigenvalue weighted by Gasteiger charge is 2.18. The van der Waals surface area contributed by atoms with Gasteiger partial charge in [0.05, 0.1) is 5.75 Å². The molecule has 1 rings (SSSR count). The van der Waals surface area contributed by atoms with Crippen molar-refractivity contribution in [2.45, 2.75) is 38.9 Å². The maximum Gasteiger partial charge on any atom is 0.313 e. The fourth-order valence-electron chi connectivity index (χ4n) is 1.35. The van der Waals surface area contributed by atoms with E-state index >= 15 is 0 Å². The summed E-state index contributed by atoms with van der Waals surface area (Å²) in [4.78, 5) is 25.7. The SMILES string of the molecule is CCC(C)(C)Cn1ccc(=O)nc1SCC(=O)O. The molecule has 0 amide bonds. The van der Waals surface area contributed by atoms with Crippen molar-refractivity contribution in [2.24, 2.45) is 5.41 Å². The van der Waals surface area contributed by atoms with Crippen LogP contribution in [0.1, 0.15) is 27.2 Å². The molecule has 0 atom stereocenters. The first-order valence-electron chi connectivity index (χ1n) is 5.76. The molecule has 0 aromatic carbocycles. The van der Waals surface area contributed by atoms with Gasteiger partial charge in [-0.1, -0.05) is 32.5 Å². The van der Waals surface area contributed by atoms with Crippen molar-refractivity contribution in [1.29, 1.82) is 0 Å². The Morgan fingerprint density at radius 1 is 1.56 bits per heavy atom. The van der Waals surface area contributed by atoms with E-state index in [9.17, 15) is 9.59 Å². The second kappa shape index (κ2) is 6.04. The summed E-state index contributed by atoms with van der Waals surface area (Å²) >= 11 is 1.07. The van der Waals surface area contributed by atoms with E-state index in [0.29, 0.717) is 11.7 Å². The van der Waals surface area contributed by atoms with Crippen molar-refractivity contribution >= 4 is 17.7 Å². The number of hydrogen-bond acceptors (Lipinski definition) is 4. The van der Waals surface area contributed by atoms with Gasteiger partial charge in [-0.05, 0) is 11.8 Å². The first-order chi connectivity index (χ1) is 8.34. The third kappa shape index (κ3) is 4.52. The van der Waals surface area contributed by atoms with Crippen LogP contribution in [-0.4, -0.2) is 26.4 Å². The quantitative estimate of drug-likeness (QED) is 0.631. The first-order valence-corrected chi connectivity index (χ1v) is 6.75. The number of aromatic nitrogens is 2. The Morgan fingerprint density at radius 2 is 2.22 bits per heavy atom. The van der Waals surface area contributed by atoms with Crippen LogP contribution in [0.5, 0.6) is 0 Å². The Kier molecular flexibility index (Phi) is 4.95. The van der Waals surface area contributed by atoms with E-state index in [4.69, 9.17) is 5.11 Å². The zero-order valence-electron chi connectivity index (χ0n) is 10.8. The molecule has 0 saturated carbocycles. The molecule has 0 aliphatic rings. The lowest BCUT2D eigenvalue weighted by molar-refractivity contribution is -0.133. The zero-order valence-corrected chi connectivity index (χ0v) is 11.7. The van der Waals surface area contributed by atoms with Crippen LogP contribution < -0.4 is 5.56 Å². The summed E-state index contributed by atoms with van der Waals surface area (Å²) in [5.41, 5.74) is -0.261. The Morgan fingerprint density at radius 3 is 2.78 bits per heavy atom. The van der Waals surface area contributed by atoms with Crippen molar-refractivity contribution < 1.29 is 9.90 Å². The second-order valence-electron chi connectivity index (χ2n) is 4.88. The zero-order chi connectivity index (χ0) is 13.8. The predicted molar refractivity (Wildman–Crippen MR) is 70.9 cm³/mol. The fourth-order valence-corrected chi connectivity index (χ4v) is 2.05. The Labute approximate surface area is 110 Å². The summed E-state index contributed by atoms with van der Waals surface area (Å²) in [6, 6.07) is 1.40. The lowest BCUT2D eigenvalue weighted by Crippen LogP contribution is -2.22. The highest BCUT2D eigenvalue weighted by atomic mass is 32.2. The van der Waals surface area contributed by atoms with Crippen LogP contribution in [0.25, 0.3) is 0 Å². The third-order valence-corrected chi connectivity index (χ3v) is 3.70. The van der Waals surface area contributed by atoms with Crippen molar-refractivity contribution in [3.05, 3.63) is 22.6 Å². The Bertz CT molecular complexity index is 482. The molecule has 0 aliphatic carbocycles. The van der Waals surface area contributed by atoms with E-state index in [1.807, 2.05) is 4.57 Å². The number of carbonyl (C=O) groups is 1. The van der Waals surface area contributed by atoms with Crippen molar-refractivity contribution in [3.8, 4) is 0 Å². The van der Waals surface area contributed by atoms with Crippen LogP contribution in [0.3, 0.4) is 0 Å². The Hall–Kier alpha value is -1.30. The summed E-state index contributed by atoms with van der Waals surface area (Å²) in [7, 11) is 0. The number of hydrogen-bond donors (Lipinski definition) is 1. The van der Waals surface area contributed by atoms with Crippen LogP contribution >= 0.6 is 11.8 Å². The summed E-state index contributed by atoms with van der Waals surface area (Å²) in [5.74, 6) is -1.01. The van der Waals surface area contributed by atoms with Gasteiger partial charge >= 0.3 is 5.97 Å². The molecular weight excluding hydrogens is 252 g/mol. The van der Waals surface area contributed by atoms with Gasteiger partial charge in [0.15, 0.2) is 5.16 Å². The van der Waals surface area contributed by atoms with E-state index in [1.165, 1.54) is 6.07 Å². The van der Waals surface area contributed by atoms with E-state index in [0.717, 1.165) is 18.2 Å². The molecule has 100 valence electrons. The summed E-state index contributed by atoms with van der Waals surface area (Å²) in [6.07, 6.45) is 2.67. The molecule has 0 unspecified atom stereocenters. The third-order valence-electron chi connectivity index (χ3n) is 2.73. The molecule has 0 saturated heterocycles. The van der Waals surface area contributed by atoms with Gasteiger partial charge < -0.3 is 9.67 Å². The molecule has 5 nitrogen and oxygen atoms in total. The monoisotopic (exact) mass is 270 g/mol. The number of rotatable bonds is 6. The maximum atomic E-state index is 11.2. The largest absolute Gasteiger partial charge is 0.481 e. The second-order valence-corrected chi connectivity index (χ2v) is 5.82. The molecule has 0 fully saturated rings. The van der Waals surface area contributed by atoms with Crippen LogP contribution in [0.4, 0.5) is 0 Å². The number of thioether (sulfide) groups is 1. The predicted octanol–water partition coefficient (Wildman–Crippen LogP) is 1.86. The highest BCUT2D eigenvalue weighted by Crippen LogP contribution is 2.24. The van der Waals surface area contributed by atoms with E-state index in [2.05, 4.69) is 25.8 Å². The molecule has 1 aromatic heterocycles. The van der Waals surface area contributed by atoms with Crippen LogP contribution in [0, 0.1) is 5.41 Å². The van der Waals surface area contributed by atoms with Gasteiger partial charge in [0, 0.05) is 18.8 Å². The molecule has 18 heavy (non-hydrogen) atoms. The average Bonchev–Trinajstić information content (AvgIpc) is 2.29. The number of carboxylic acid groups (broad SMARTS) is 1. The van der Waals surface area contributed by atoms with Gasteiger partial charge in [0.1, 0.15) is 0 Å². The van der Waals surface area contributed by atoms with Crippen LogP contribution in [-0.2, 0) is 11.3 Å². The smallest absolute Gasteiger partial charge is 0.313 e. The van der Waals surface area contributed by atoms with Crippen LogP contribution in [0.2, 0.25) is 0 Å². The van der Waals surface area contributed by atoms with Crippen LogP contribution in [0.15, 0.2) is 22.2 Å². The van der Waals surface area contributed by atoms with Gasteiger partial charge in [-0.15, -0.1) is 0 Å². The van der Waals surface area contributed by atoms with Crippen molar-refractivity contribution in [2.75, 3.05) is 5.75 Å². The number of nitrogens with zero attached hydrogens (tertiary/aromatic N) is 2. The molecule has 0 radical (unpaired) electrons. The molecule has 0 bridgehead atoms. The number of carboxylic acids is 1. The number of aliphatic carboxylic acids is 1. The molecule has 1 heterocycles. The van der Waals surface area contributed by atoms with E-state index < -0.39 is 5.97 Å². The lowest BCUT2D eigenvalue weighted by atomic mass is 9.90. The minimum absolute atomic E-state index is 0.0787. The Balaban J connectivity index is 2.96. The fraction of sp³-hybridized carbons (Fsp3) is 0.583. The summed E-state index contributed by atoms with van der Waals surface area (Å²) in [6.45, 7) is 7.05. The molecule has 0 aliphatic heterocycles. The first kappa shape index (κ1) is 14.8. The van der Waals surface area contributed by atoms with E-state index in [-0.39, 0.29) is 16.7 Å². The molecule has 6 heteroatoms. The highest BCUT2D eigenvalue weighted by molar-refractivity contribution is 7.99. The van der Waals surface area contributed by atoms with Gasteiger partial charge in [-0.25, -0.2) is 0 Å². The minimum atomic E-state index is -0.917. The molecule has 0 spiro atoms. The van der Waals surface area contributed by atoms with Gasteiger partial charge in [-0.2, -0.15) is 4.98 Å². The summed E-state index contributed by atoms with van der Waals surface area (Å²) in [5, 5.41) is 9.14.